The highest BCUT2D eigenvalue weighted by Crippen LogP contribution is 2.17. The predicted molar refractivity (Wildman–Crippen MR) is 71.8 cm³/mol. The number of hydrogen-bond acceptors (Lipinski definition) is 2. The quantitative estimate of drug-likeness (QED) is 0.815. The summed E-state index contributed by atoms with van der Waals surface area (Å²) in [7, 11) is 0. The van der Waals surface area contributed by atoms with Crippen molar-refractivity contribution in [2.45, 2.75) is 19.8 Å². The third-order valence-electron chi connectivity index (χ3n) is 3.23. The number of nitrogens with zero attached hydrogens (tertiary/aromatic N) is 1. The van der Waals surface area contributed by atoms with E-state index in [9.17, 15) is 0 Å². The second-order valence-corrected chi connectivity index (χ2v) is 5.29. The molecular weight excluding hydrogens is 234 g/mol. The van der Waals surface area contributed by atoms with Crippen LogP contribution < -0.4 is 4.74 Å². The van der Waals surface area contributed by atoms with Gasteiger partial charge in [0.25, 0.3) is 0 Å². The number of hydrogen-bond donors (Lipinski definition) is 0. The summed E-state index contributed by atoms with van der Waals surface area (Å²) in [6.07, 6.45) is 2.69. The van der Waals surface area contributed by atoms with E-state index in [-0.39, 0.29) is 0 Å². The molecule has 1 aliphatic heterocycles. The standard InChI is InChI=1S/C14H20ClNO/c1-12-3-2-8-16(11-12)9-10-17-14-6-4-13(15)5-7-14/h4-7,12H,2-3,8-11H2,1H3. The van der Waals surface area contributed by atoms with E-state index in [0.717, 1.165) is 29.8 Å². The molecule has 17 heavy (non-hydrogen) atoms. The summed E-state index contributed by atoms with van der Waals surface area (Å²) in [6, 6.07) is 7.56. The summed E-state index contributed by atoms with van der Waals surface area (Å²) in [5, 5.41) is 0.752. The van der Waals surface area contributed by atoms with Crippen molar-refractivity contribution in [2.75, 3.05) is 26.2 Å². The highest BCUT2D eigenvalue weighted by molar-refractivity contribution is 6.30. The molecule has 0 N–H and O–H groups in total. The molecule has 3 heteroatoms. The average Bonchev–Trinajstić information content (AvgIpc) is 2.32. The number of piperidine rings is 1. The predicted octanol–water partition coefficient (Wildman–Crippen LogP) is 3.45. The minimum absolute atomic E-state index is 0.752. The Morgan fingerprint density at radius 3 is 2.82 bits per heavy atom. The fourth-order valence-corrected chi connectivity index (χ4v) is 2.44. The Labute approximate surface area is 109 Å². The van der Waals surface area contributed by atoms with E-state index >= 15 is 0 Å². The monoisotopic (exact) mass is 253 g/mol. The van der Waals surface area contributed by atoms with Gasteiger partial charge >= 0.3 is 0 Å². The molecule has 1 heterocycles. The van der Waals surface area contributed by atoms with Crippen LogP contribution in [0.3, 0.4) is 0 Å². The van der Waals surface area contributed by atoms with Gasteiger partial charge in [0.05, 0.1) is 0 Å². The van der Waals surface area contributed by atoms with Crippen LogP contribution in [0.2, 0.25) is 5.02 Å². The Bertz CT molecular complexity index is 339. The number of halogens is 1. The van der Waals surface area contributed by atoms with Crippen LogP contribution in [0.15, 0.2) is 24.3 Å². The summed E-state index contributed by atoms with van der Waals surface area (Å²) >= 11 is 5.82. The number of likely N-dealkylation sites (tertiary alicyclic amines) is 1. The number of benzene rings is 1. The van der Waals surface area contributed by atoms with Gasteiger partial charge in [0, 0.05) is 18.1 Å². The first-order valence-corrected chi connectivity index (χ1v) is 6.72. The van der Waals surface area contributed by atoms with Gasteiger partial charge in [-0.25, -0.2) is 0 Å². The molecule has 1 aliphatic rings. The second kappa shape index (κ2) is 6.27. The largest absolute Gasteiger partial charge is 0.492 e. The topological polar surface area (TPSA) is 12.5 Å². The van der Waals surface area contributed by atoms with E-state index in [0.29, 0.717) is 0 Å². The van der Waals surface area contributed by atoms with Crippen LogP contribution >= 0.6 is 11.6 Å². The molecular formula is C14H20ClNO. The smallest absolute Gasteiger partial charge is 0.119 e. The molecule has 2 nitrogen and oxygen atoms in total. The Morgan fingerprint density at radius 1 is 1.35 bits per heavy atom. The van der Waals surface area contributed by atoms with Crippen LogP contribution in [0.4, 0.5) is 0 Å². The Kier molecular flexibility index (Phi) is 4.69. The minimum atomic E-state index is 0.752. The molecule has 0 bridgehead atoms. The van der Waals surface area contributed by atoms with Crippen LogP contribution in [0.5, 0.6) is 5.75 Å². The maximum absolute atomic E-state index is 5.82. The maximum atomic E-state index is 5.82. The van der Waals surface area contributed by atoms with Gasteiger partial charge in [-0.2, -0.15) is 0 Å². The van der Waals surface area contributed by atoms with E-state index in [2.05, 4.69) is 11.8 Å². The third-order valence-corrected chi connectivity index (χ3v) is 3.48. The van der Waals surface area contributed by atoms with Gasteiger partial charge in [-0.15, -0.1) is 0 Å². The Morgan fingerprint density at radius 2 is 2.12 bits per heavy atom. The molecule has 1 fully saturated rings. The molecule has 0 aromatic heterocycles. The molecule has 0 spiro atoms. The summed E-state index contributed by atoms with van der Waals surface area (Å²) in [5.74, 6) is 1.73. The summed E-state index contributed by atoms with van der Waals surface area (Å²) in [5.41, 5.74) is 0. The molecule has 0 radical (unpaired) electrons. The lowest BCUT2D eigenvalue weighted by Gasteiger charge is -2.30. The molecule has 1 saturated heterocycles. The van der Waals surface area contributed by atoms with Crippen LogP contribution in [0.1, 0.15) is 19.8 Å². The zero-order chi connectivity index (χ0) is 12.1. The summed E-state index contributed by atoms with van der Waals surface area (Å²) in [6.45, 7) is 6.53. The number of ether oxygens (including phenoxy) is 1. The van der Waals surface area contributed by atoms with Crippen LogP contribution in [0.25, 0.3) is 0 Å². The maximum Gasteiger partial charge on any atom is 0.119 e. The molecule has 1 aromatic carbocycles. The molecule has 94 valence electrons. The molecule has 1 aromatic rings. The fraction of sp³-hybridized carbons (Fsp3) is 0.571. The summed E-state index contributed by atoms with van der Waals surface area (Å²) < 4.78 is 5.70. The van der Waals surface area contributed by atoms with Crippen molar-refractivity contribution >= 4 is 11.6 Å². The molecule has 1 unspecified atom stereocenters. The van der Waals surface area contributed by atoms with Crippen molar-refractivity contribution in [1.82, 2.24) is 4.90 Å². The average molecular weight is 254 g/mol. The van der Waals surface area contributed by atoms with Crippen molar-refractivity contribution in [3.05, 3.63) is 29.3 Å². The van der Waals surface area contributed by atoms with Crippen LogP contribution in [-0.2, 0) is 0 Å². The first-order valence-electron chi connectivity index (χ1n) is 6.35. The zero-order valence-electron chi connectivity index (χ0n) is 10.4. The number of rotatable bonds is 4. The van der Waals surface area contributed by atoms with E-state index < -0.39 is 0 Å². The van der Waals surface area contributed by atoms with Gasteiger partial charge in [-0.1, -0.05) is 18.5 Å². The van der Waals surface area contributed by atoms with Gasteiger partial charge < -0.3 is 4.74 Å². The van der Waals surface area contributed by atoms with Gasteiger partial charge in [0.15, 0.2) is 0 Å². The van der Waals surface area contributed by atoms with Gasteiger partial charge in [0.2, 0.25) is 0 Å². The van der Waals surface area contributed by atoms with Gasteiger partial charge in [-0.3, -0.25) is 4.90 Å². The molecule has 2 rings (SSSR count). The van der Waals surface area contributed by atoms with E-state index in [1.807, 2.05) is 24.3 Å². The van der Waals surface area contributed by atoms with Crippen molar-refractivity contribution in [1.29, 1.82) is 0 Å². The van der Waals surface area contributed by atoms with E-state index in [1.165, 1.54) is 25.9 Å². The molecule has 0 aliphatic carbocycles. The minimum Gasteiger partial charge on any atom is -0.492 e. The summed E-state index contributed by atoms with van der Waals surface area (Å²) in [4.78, 5) is 2.49. The zero-order valence-corrected chi connectivity index (χ0v) is 11.1. The third kappa shape index (κ3) is 4.21. The normalized spacial score (nSPS) is 21.4. The van der Waals surface area contributed by atoms with Crippen LogP contribution in [0, 0.1) is 5.92 Å². The molecule has 0 amide bonds. The lowest BCUT2D eigenvalue weighted by molar-refractivity contribution is 0.153. The first kappa shape index (κ1) is 12.7. The van der Waals surface area contributed by atoms with E-state index in [4.69, 9.17) is 16.3 Å². The first-order chi connectivity index (χ1) is 8.24. The van der Waals surface area contributed by atoms with Crippen molar-refractivity contribution < 1.29 is 4.74 Å². The lowest BCUT2D eigenvalue weighted by Crippen LogP contribution is -2.37. The van der Waals surface area contributed by atoms with Crippen molar-refractivity contribution in [3.63, 3.8) is 0 Å². The Hall–Kier alpha value is -0.730. The Balaban J connectivity index is 1.70. The second-order valence-electron chi connectivity index (χ2n) is 4.85. The van der Waals surface area contributed by atoms with Gasteiger partial charge in [-0.05, 0) is 49.6 Å². The fourth-order valence-electron chi connectivity index (χ4n) is 2.31. The van der Waals surface area contributed by atoms with Crippen molar-refractivity contribution in [3.8, 4) is 5.75 Å². The lowest BCUT2D eigenvalue weighted by atomic mass is 10.0. The van der Waals surface area contributed by atoms with Crippen molar-refractivity contribution in [2.24, 2.45) is 5.92 Å². The van der Waals surface area contributed by atoms with Crippen LogP contribution in [-0.4, -0.2) is 31.1 Å². The molecule has 1 atom stereocenters. The SMILES string of the molecule is CC1CCCN(CCOc2ccc(Cl)cc2)C1. The van der Waals surface area contributed by atoms with E-state index in [1.54, 1.807) is 0 Å². The molecule has 0 saturated carbocycles. The van der Waals surface area contributed by atoms with Gasteiger partial charge in [0.1, 0.15) is 12.4 Å². The highest BCUT2D eigenvalue weighted by Gasteiger charge is 2.15. The highest BCUT2D eigenvalue weighted by atomic mass is 35.5.